The molecule has 2 N–H and O–H groups in total. The largest absolute Gasteiger partial charge is 0.481 e. The Balaban J connectivity index is 1.95. The number of H-pyrrole nitrogens is 1. The molecule has 5 nitrogen and oxygen atoms in total. The van der Waals surface area contributed by atoms with Gasteiger partial charge in [-0.1, -0.05) is 6.07 Å². The molecule has 0 spiro atoms. The zero-order valence-electron chi connectivity index (χ0n) is 13.0. The van der Waals surface area contributed by atoms with Crippen LogP contribution in [0.15, 0.2) is 30.5 Å². The number of nitrogens with zero attached hydrogens (tertiary/aromatic N) is 1. The van der Waals surface area contributed by atoms with E-state index < -0.39 is 5.97 Å². The smallest absolute Gasteiger partial charge is 0.305 e. The van der Waals surface area contributed by atoms with Gasteiger partial charge in [-0.3, -0.25) is 9.59 Å². The molecular formula is C17H22N2O3. The first-order chi connectivity index (χ1) is 10.5. The molecule has 0 aliphatic heterocycles. The van der Waals surface area contributed by atoms with E-state index >= 15 is 0 Å². The maximum absolute atomic E-state index is 12.3. The number of aliphatic carboxylic acids is 1. The topological polar surface area (TPSA) is 73.4 Å². The second kappa shape index (κ2) is 7.11. The molecule has 0 bridgehead atoms. The molecule has 2 aromatic rings. The van der Waals surface area contributed by atoms with Gasteiger partial charge in [-0.25, -0.2) is 0 Å². The van der Waals surface area contributed by atoms with Crippen LogP contribution in [0, 0.1) is 0 Å². The first-order valence-corrected chi connectivity index (χ1v) is 7.54. The van der Waals surface area contributed by atoms with E-state index in [-0.39, 0.29) is 24.9 Å². The minimum absolute atomic E-state index is 0.00501. The number of hydrogen-bond donors (Lipinski definition) is 2. The third kappa shape index (κ3) is 4.10. The lowest BCUT2D eigenvalue weighted by atomic mass is 10.1. The molecular weight excluding hydrogens is 280 g/mol. The van der Waals surface area contributed by atoms with Gasteiger partial charge in [0.2, 0.25) is 5.91 Å². The molecule has 0 aliphatic rings. The van der Waals surface area contributed by atoms with E-state index in [1.165, 1.54) is 0 Å². The van der Waals surface area contributed by atoms with Gasteiger partial charge in [-0.2, -0.15) is 0 Å². The Morgan fingerprint density at radius 3 is 2.68 bits per heavy atom. The molecule has 1 aromatic heterocycles. The van der Waals surface area contributed by atoms with E-state index in [9.17, 15) is 9.59 Å². The third-order valence-corrected chi connectivity index (χ3v) is 3.76. The van der Waals surface area contributed by atoms with E-state index in [1.54, 1.807) is 4.90 Å². The number of carboxylic acids is 1. The van der Waals surface area contributed by atoms with Crippen molar-refractivity contribution in [1.29, 1.82) is 0 Å². The highest BCUT2D eigenvalue weighted by molar-refractivity contribution is 5.81. The van der Waals surface area contributed by atoms with Crippen LogP contribution in [0.1, 0.15) is 32.3 Å². The van der Waals surface area contributed by atoms with Gasteiger partial charge in [0.15, 0.2) is 0 Å². The monoisotopic (exact) mass is 302 g/mol. The summed E-state index contributed by atoms with van der Waals surface area (Å²) in [6.45, 7) is 4.08. The Morgan fingerprint density at radius 1 is 1.23 bits per heavy atom. The second-order valence-corrected chi connectivity index (χ2v) is 5.72. The molecule has 5 heteroatoms. The van der Waals surface area contributed by atoms with E-state index in [0.29, 0.717) is 12.8 Å². The van der Waals surface area contributed by atoms with Crippen molar-refractivity contribution in [2.45, 2.75) is 39.2 Å². The van der Waals surface area contributed by atoms with Crippen LogP contribution in [0.3, 0.4) is 0 Å². The summed E-state index contributed by atoms with van der Waals surface area (Å²) in [4.78, 5) is 27.8. The lowest BCUT2D eigenvalue weighted by molar-refractivity contribution is -0.139. The minimum atomic E-state index is -0.878. The van der Waals surface area contributed by atoms with Crippen molar-refractivity contribution in [3.8, 4) is 0 Å². The summed E-state index contributed by atoms with van der Waals surface area (Å²) < 4.78 is 0. The highest BCUT2D eigenvalue weighted by Gasteiger charge is 2.17. The normalized spacial score (nSPS) is 11.0. The van der Waals surface area contributed by atoms with E-state index in [4.69, 9.17) is 5.11 Å². The van der Waals surface area contributed by atoms with Crippen molar-refractivity contribution in [2.24, 2.45) is 0 Å². The fourth-order valence-electron chi connectivity index (χ4n) is 2.54. The van der Waals surface area contributed by atoms with Crippen LogP contribution in [0.5, 0.6) is 0 Å². The van der Waals surface area contributed by atoms with Gasteiger partial charge in [-0.05, 0) is 49.4 Å². The molecule has 0 atom stereocenters. The van der Waals surface area contributed by atoms with Crippen LogP contribution in [0.2, 0.25) is 0 Å². The number of carboxylic acid groups (broad SMARTS) is 1. The van der Waals surface area contributed by atoms with Crippen molar-refractivity contribution in [3.63, 3.8) is 0 Å². The molecule has 0 saturated carbocycles. The van der Waals surface area contributed by atoms with Gasteiger partial charge in [0.05, 0.1) is 6.42 Å². The SMILES string of the molecule is CC(C)N(CCC(=O)O)C(=O)CCc1ccc2[nH]ccc2c1. The van der Waals surface area contributed by atoms with Gasteiger partial charge < -0.3 is 15.0 Å². The molecule has 0 fully saturated rings. The number of aryl methyl sites for hydroxylation is 1. The van der Waals surface area contributed by atoms with Crippen molar-refractivity contribution in [3.05, 3.63) is 36.0 Å². The quantitative estimate of drug-likeness (QED) is 0.826. The van der Waals surface area contributed by atoms with Crippen LogP contribution >= 0.6 is 0 Å². The molecule has 0 radical (unpaired) electrons. The highest BCUT2D eigenvalue weighted by atomic mass is 16.4. The summed E-state index contributed by atoms with van der Waals surface area (Å²) in [6.07, 6.45) is 2.94. The molecule has 22 heavy (non-hydrogen) atoms. The number of aromatic amines is 1. The fourth-order valence-corrected chi connectivity index (χ4v) is 2.54. The Labute approximate surface area is 129 Å². The summed E-state index contributed by atoms with van der Waals surface area (Å²) in [5, 5.41) is 9.91. The van der Waals surface area contributed by atoms with Crippen LogP contribution in [-0.2, 0) is 16.0 Å². The molecule has 0 aliphatic carbocycles. The molecule has 1 amide bonds. The molecule has 2 rings (SSSR count). The maximum atomic E-state index is 12.3. The zero-order valence-corrected chi connectivity index (χ0v) is 13.0. The standard InChI is InChI=1S/C17H22N2O3/c1-12(2)19(10-8-17(21)22)16(20)6-4-13-3-5-15-14(11-13)7-9-18-15/h3,5,7,9,11-12,18H,4,6,8,10H2,1-2H3,(H,21,22). The number of carbonyl (C=O) groups excluding carboxylic acids is 1. The number of nitrogens with one attached hydrogen (secondary N) is 1. The van der Waals surface area contributed by atoms with Gasteiger partial charge >= 0.3 is 5.97 Å². The van der Waals surface area contributed by atoms with E-state index in [1.807, 2.05) is 38.2 Å². The molecule has 0 saturated heterocycles. The van der Waals surface area contributed by atoms with Gasteiger partial charge in [0.25, 0.3) is 0 Å². The number of carbonyl (C=O) groups is 2. The van der Waals surface area contributed by atoms with E-state index in [0.717, 1.165) is 16.5 Å². The number of amides is 1. The third-order valence-electron chi connectivity index (χ3n) is 3.76. The van der Waals surface area contributed by atoms with Gasteiger partial charge in [-0.15, -0.1) is 0 Å². The lowest BCUT2D eigenvalue weighted by Crippen LogP contribution is -2.38. The Hall–Kier alpha value is -2.30. The second-order valence-electron chi connectivity index (χ2n) is 5.72. The predicted molar refractivity (Wildman–Crippen MR) is 85.7 cm³/mol. The summed E-state index contributed by atoms with van der Waals surface area (Å²) in [6, 6.07) is 8.13. The number of rotatable bonds is 7. The van der Waals surface area contributed by atoms with E-state index in [2.05, 4.69) is 11.1 Å². The maximum Gasteiger partial charge on any atom is 0.305 e. The molecule has 1 heterocycles. The minimum Gasteiger partial charge on any atom is -0.481 e. The molecule has 1 aromatic carbocycles. The lowest BCUT2D eigenvalue weighted by Gasteiger charge is -2.26. The summed E-state index contributed by atoms with van der Waals surface area (Å²) >= 11 is 0. The first-order valence-electron chi connectivity index (χ1n) is 7.54. The highest BCUT2D eigenvalue weighted by Crippen LogP contribution is 2.16. The van der Waals surface area contributed by atoms with Gasteiger partial charge in [0, 0.05) is 30.7 Å². The number of fused-ring (bicyclic) bond motifs is 1. The average molecular weight is 302 g/mol. The fraction of sp³-hybridized carbons (Fsp3) is 0.412. The van der Waals surface area contributed by atoms with Crippen molar-refractivity contribution in [2.75, 3.05) is 6.54 Å². The van der Waals surface area contributed by atoms with Crippen LogP contribution in [0.4, 0.5) is 0 Å². The number of benzene rings is 1. The number of aromatic nitrogens is 1. The van der Waals surface area contributed by atoms with Crippen molar-refractivity contribution in [1.82, 2.24) is 9.88 Å². The molecule has 118 valence electrons. The predicted octanol–water partition coefficient (Wildman–Crippen LogP) is 2.81. The average Bonchev–Trinajstić information content (AvgIpc) is 2.92. The van der Waals surface area contributed by atoms with Crippen LogP contribution in [0.25, 0.3) is 10.9 Å². The van der Waals surface area contributed by atoms with Crippen LogP contribution in [-0.4, -0.2) is 39.5 Å². The zero-order chi connectivity index (χ0) is 16.1. The van der Waals surface area contributed by atoms with Crippen LogP contribution < -0.4 is 0 Å². The summed E-state index contributed by atoms with van der Waals surface area (Å²) in [5.74, 6) is -0.873. The summed E-state index contributed by atoms with van der Waals surface area (Å²) in [7, 11) is 0. The summed E-state index contributed by atoms with van der Waals surface area (Å²) in [5.41, 5.74) is 2.20. The Bertz CT molecular complexity index is 661. The van der Waals surface area contributed by atoms with Gasteiger partial charge in [0.1, 0.15) is 0 Å². The Kier molecular flexibility index (Phi) is 5.20. The number of hydrogen-bond acceptors (Lipinski definition) is 2. The first kappa shape index (κ1) is 16.1. The molecule has 0 unspecified atom stereocenters. The van der Waals surface area contributed by atoms with Crippen molar-refractivity contribution < 1.29 is 14.7 Å². The van der Waals surface area contributed by atoms with Crippen molar-refractivity contribution >= 4 is 22.8 Å². The Morgan fingerprint density at radius 2 is 2.00 bits per heavy atom.